The first kappa shape index (κ1) is 22.8. The van der Waals surface area contributed by atoms with Crippen LogP contribution in [0.4, 0.5) is 4.79 Å². The van der Waals surface area contributed by atoms with Gasteiger partial charge in [0.15, 0.2) is 0 Å². The van der Waals surface area contributed by atoms with E-state index in [0.29, 0.717) is 32.2 Å². The first-order chi connectivity index (χ1) is 14.2. The van der Waals surface area contributed by atoms with Gasteiger partial charge in [-0.15, -0.1) is 0 Å². The molecule has 0 unspecified atom stereocenters. The molecule has 3 rings (SSSR count). The maximum atomic E-state index is 13.0. The van der Waals surface area contributed by atoms with Crippen molar-refractivity contribution in [3.63, 3.8) is 0 Å². The number of halogens is 1. The van der Waals surface area contributed by atoms with Crippen molar-refractivity contribution in [2.75, 3.05) is 12.3 Å². The lowest BCUT2D eigenvalue weighted by molar-refractivity contribution is -0.0665. The van der Waals surface area contributed by atoms with Crippen molar-refractivity contribution < 1.29 is 22.5 Å². The van der Waals surface area contributed by atoms with Gasteiger partial charge in [-0.05, 0) is 49.4 Å². The van der Waals surface area contributed by atoms with Gasteiger partial charge in [-0.1, -0.05) is 58.4 Å². The molecule has 1 saturated heterocycles. The number of carbonyl (C=O) groups is 1. The number of benzene rings is 2. The summed E-state index contributed by atoms with van der Waals surface area (Å²) >= 11 is 3.43. The van der Waals surface area contributed by atoms with Crippen molar-refractivity contribution in [3.05, 3.63) is 70.2 Å². The second kappa shape index (κ2) is 9.49. The molecule has 1 amide bonds. The maximum Gasteiger partial charge on any atom is 0.411 e. The number of hydrogen-bond donors (Lipinski definition) is 1. The normalized spacial score (nSPS) is 20.6. The van der Waals surface area contributed by atoms with Gasteiger partial charge in [-0.3, -0.25) is 4.55 Å². The molecule has 162 valence electrons. The van der Waals surface area contributed by atoms with E-state index in [1.165, 1.54) is 0 Å². The molecule has 1 fully saturated rings. The Balaban J connectivity index is 1.75. The smallest absolute Gasteiger partial charge is 0.411 e. The van der Waals surface area contributed by atoms with Gasteiger partial charge in [-0.2, -0.15) is 8.42 Å². The Bertz CT molecular complexity index is 965. The second-order valence-electron chi connectivity index (χ2n) is 7.64. The molecular formula is C22H26BrNO5S. The highest BCUT2D eigenvalue weighted by molar-refractivity contribution is 9.10. The number of unbranched alkanes of at least 4 members (excludes halogenated alkanes) is 1. The summed E-state index contributed by atoms with van der Waals surface area (Å²) in [7, 11) is -4.00. The molecule has 0 aromatic heterocycles. The van der Waals surface area contributed by atoms with Gasteiger partial charge >= 0.3 is 6.09 Å². The molecule has 1 N–H and O–H groups in total. The quantitative estimate of drug-likeness (QED) is 0.396. The average molecular weight is 496 g/mol. The second-order valence-corrected chi connectivity index (χ2v) is 10.1. The van der Waals surface area contributed by atoms with Crippen LogP contribution in [0, 0.1) is 0 Å². The van der Waals surface area contributed by atoms with Gasteiger partial charge in [0.05, 0.1) is 11.8 Å². The molecule has 0 spiro atoms. The topological polar surface area (TPSA) is 83.9 Å². The number of nitrogens with zero attached hydrogens (tertiary/aromatic N) is 1. The Morgan fingerprint density at radius 1 is 1.13 bits per heavy atom. The van der Waals surface area contributed by atoms with Crippen molar-refractivity contribution in [2.45, 2.75) is 44.2 Å². The lowest BCUT2D eigenvalue weighted by Crippen LogP contribution is -2.48. The van der Waals surface area contributed by atoms with Gasteiger partial charge in [-0.25, -0.2) is 4.79 Å². The van der Waals surface area contributed by atoms with Crippen LogP contribution < -0.4 is 0 Å². The van der Waals surface area contributed by atoms with Crippen LogP contribution in [0.25, 0.3) is 0 Å². The molecule has 30 heavy (non-hydrogen) atoms. The Hall–Kier alpha value is -1.90. The third-order valence-electron chi connectivity index (χ3n) is 5.63. The highest BCUT2D eigenvalue weighted by Gasteiger charge is 2.43. The van der Waals surface area contributed by atoms with Gasteiger partial charge < -0.3 is 9.64 Å². The average Bonchev–Trinajstić information content (AvgIpc) is 2.71. The van der Waals surface area contributed by atoms with Crippen molar-refractivity contribution in [1.82, 2.24) is 4.90 Å². The molecule has 1 aliphatic heterocycles. The summed E-state index contributed by atoms with van der Waals surface area (Å²) in [6.45, 7) is 2.51. The molecule has 2 aromatic rings. The van der Waals surface area contributed by atoms with E-state index in [4.69, 9.17) is 9.29 Å². The standard InChI is InChI=1S/C22H26BrNO5S/c1-17(18-9-11-20(23)12-10-18)24-15-14-22(29-21(24)25,19-7-3-2-4-8-19)13-5-6-16-30(26,27)28/h2-4,7-12,17H,5-6,13-16H2,1H3,(H,26,27,28)/t17-,22+/m0/s1. The third kappa shape index (κ3) is 5.62. The summed E-state index contributed by atoms with van der Waals surface area (Å²) in [5.41, 5.74) is 1.13. The van der Waals surface area contributed by atoms with Gasteiger partial charge in [0.1, 0.15) is 5.60 Å². The Kier molecular flexibility index (Phi) is 7.21. The summed E-state index contributed by atoms with van der Waals surface area (Å²) < 4.78 is 38.0. The minimum Gasteiger partial charge on any atom is -0.438 e. The Labute approximate surface area is 186 Å². The molecule has 2 aromatic carbocycles. The van der Waals surface area contributed by atoms with E-state index < -0.39 is 15.7 Å². The zero-order valence-corrected chi connectivity index (χ0v) is 19.2. The molecule has 0 bridgehead atoms. The van der Waals surface area contributed by atoms with Gasteiger partial charge in [0.2, 0.25) is 0 Å². The van der Waals surface area contributed by atoms with E-state index in [-0.39, 0.29) is 17.9 Å². The van der Waals surface area contributed by atoms with Crippen LogP contribution in [-0.4, -0.2) is 36.3 Å². The maximum absolute atomic E-state index is 13.0. The Morgan fingerprint density at radius 2 is 1.80 bits per heavy atom. The number of cyclic esters (lactones) is 1. The van der Waals surface area contributed by atoms with Crippen LogP contribution in [0.1, 0.15) is 49.8 Å². The fraction of sp³-hybridized carbons (Fsp3) is 0.409. The van der Waals surface area contributed by atoms with Crippen molar-refractivity contribution in [2.24, 2.45) is 0 Å². The minimum atomic E-state index is -4.00. The molecular weight excluding hydrogens is 470 g/mol. The molecule has 2 atom stereocenters. The van der Waals surface area contributed by atoms with E-state index >= 15 is 0 Å². The Morgan fingerprint density at radius 3 is 2.40 bits per heavy atom. The lowest BCUT2D eigenvalue weighted by Gasteiger charge is -2.43. The summed E-state index contributed by atoms with van der Waals surface area (Å²) in [6.07, 6.45) is 1.55. The van der Waals surface area contributed by atoms with Crippen LogP contribution in [-0.2, 0) is 20.5 Å². The largest absolute Gasteiger partial charge is 0.438 e. The summed E-state index contributed by atoms with van der Waals surface area (Å²) in [6, 6.07) is 17.3. The first-order valence-electron chi connectivity index (χ1n) is 9.96. The van der Waals surface area contributed by atoms with Crippen LogP contribution in [0.3, 0.4) is 0 Å². The summed E-state index contributed by atoms with van der Waals surface area (Å²) in [5.74, 6) is -0.293. The number of hydrogen-bond acceptors (Lipinski definition) is 4. The molecule has 8 heteroatoms. The summed E-state index contributed by atoms with van der Waals surface area (Å²) in [5, 5.41) is 0. The van der Waals surface area contributed by atoms with Crippen LogP contribution >= 0.6 is 15.9 Å². The summed E-state index contributed by atoms with van der Waals surface area (Å²) in [4.78, 5) is 14.7. The molecule has 0 aliphatic carbocycles. The van der Waals surface area contributed by atoms with E-state index in [1.807, 2.05) is 61.5 Å². The van der Waals surface area contributed by atoms with E-state index in [0.717, 1.165) is 15.6 Å². The monoisotopic (exact) mass is 495 g/mol. The SMILES string of the molecule is C[C@@H](c1ccc(Br)cc1)N1CC[C@](CCCCS(=O)(=O)O)(c2ccccc2)OC1=O. The molecule has 0 saturated carbocycles. The van der Waals surface area contributed by atoms with Crippen molar-refractivity contribution >= 4 is 32.1 Å². The molecule has 6 nitrogen and oxygen atoms in total. The van der Waals surface area contributed by atoms with Crippen molar-refractivity contribution in [3.8, 4) is 0 Å². The van der Waals surface area contributed by atoms with Crippen LogP contribution in [0.5, 0.6) is 0 Å². The third-order valence-corrected chi connectivity index (χ3v) is 6.96. The highest BCUT2D eigenvalue weighted by Crippen LogP contribution is 2.40. The number of carbonyl (C=O) groups excluding carboxylic acids is 1. The zero-order chi connectivity index (χ0) is 21.8. The number of ether oxygens (including phenoxy) is 1. The van der Waals surface area contributed by atoms with E-state index in [2.05, 4.69) is 15.9 Å². The van der Waals surface area contributed by atoms with E-state index in [1.54, 1.807) is 4.90 Å². The highest BCUT2D eigenvalue weighted by atomic mass is 79.9. The molecule has 1 aliphatic rings. The fourth-order valence-electron chi connectivity index (χ4n) is 3.90. The number of amides is 1. The van der Waals surface area contributed by atoms with Crippen LogP contribution in [0.15, 0.2) is 59.1 Å². The van der Waals surface area contributed by atoms with E-state index in [9.17, 15) is 13.2 Å². The van der Waals surface area contributed by atoms with Crippen LogP contribution in [0.2, 0.25) is 0 Å². The minimum absolute atomic E-state index is 0.126. The molecule has 1 heterocycles. The van der Waals surface area contributed by atoms with Gasteiger partial charge in [0.25, 0.3) is 10.1 Å². The van der Waals surface area contributed by atoms with Crippen molar-refractivity contribution in [1.29, 1.82) is 0 Å². The predicted octanol–water partition coefficient (Wildman–Crippen LogP) is 5.31. The predicted molar refractivity (Wildman–Crippen MR) is 119 cm³/mol. The number of rotatable bonds is 8. The lowest BCUT2D eigenvalue weighted by atomic mass is 9.84. The first-order valence-corrected chi connectivity index (χ1v) is 12.4. The zero-order valence-electron chi connectivity index (χ0n) is 16.8. The molecule has 0 radical (unpaired) electrons. The fourth-order valence-corrected chi connectivity index (χ4v) is 4.74. The van der Waals surface area contributed by atoms with Gasteiger partial charge in [0, 0.05) is 17.4 Å².